The molecule has 1 N–H and O–H groups in total. The summed E-state index contributed by atoms with van der Waals surface area (Å²) in [7, 11) is 0. The first kappa shape index (κ1) is 14.7. The van der Waals surface area contributed by atoms with E-state index in [9.17, 15) is 0 Å². The summed E-state index contributed by atoms with van der Waals surface area (Å²) >= 11 is 0. The van der Waals surface area contributed by atoms with E-state index in [0.29, 0.717) is 6.04 Å². The molecular weight excluding hydrogens is 262 g/mol. The number of nitrogens with one attached hydrogen (secondary N) is 1. The van der Waals surface area contributed by atoms with Gasteiger partial charge in [-0.3, -0.25) is 0 Å². The second-order valence-corrected chi connectivity index (χ2v) is 6.33. The van der Waals surface area contributed by atoms with Gasteiger partial charge in [0, 0.05) is 19.1 Å². The first-order chi connectivity index (χ1) is 10.3. The lowest BCUT2D eigenvalue weighted by Gasteiger charge is -2.32. The average Bonchev–Trinajstić information content (AvgIpc) is 3.37. The lowest BCUT2D eigenvalue weighted by Crippen LogP contribution is -2.43. The third-order valence-electron chi connectivity index (χ3n) is 4.67. The van der Waals surface area contributed by atoms with E-state index in [4.69, 9.17) is 4.98 Å². The van der Waals surface area contributed by atoms with Gasteiger partial charge in [-0.1, -0.05) is 13.8 Å². The highest BCUT2D eigenvalue weighted by molar-refractivity contribution is 5.31. The fourth-order valence-electron chi connectivity index (χ4n) is 3.00. The summed E-state index contributed by atoms with van der Waals surface area (Å²) in [5.41, 5.74) is 2.15. The van der Waals surface area contributed by atoms with Crippen LogP contribution in [-0.4, -0.2) is 40.9 Å². The molecule has 1 aromatic rings. The number of hydrogen-bond acceptors (Lipinski definition) is 5. The summed E-state index contributed by atoms with van der Waals surface area (Å²) < 4.78 is 0. The first-order valence-electron chi connectivity index (χ1n) is 8.51. The highest BCUT2D eigenvalue weighted by Gasteiger charge is 2.25. The molecule has 1 aromatic heterocycles. The van der Waals surface area contributed by atoms with Crippen LogP contribution in [0.15, 0.2) is 0 Å². The maximum Gasteiger partial charge on any atom is 0.245 e. The Bertz CT molecular complexity index is 464. The molecule has 0 atom stereocenters. The van der Waals surface area contributed by atoms with Gasteiger partial charge in [-0.15, -0.1) is 5.10 Å². The Morgan fingerprint density at radius 3 is 2.33 bits per heavy atom. The Kier molecular flexibility index (Phi) is 4.68. The summed E-state index contributed by atoms with van der Waals surface area (Å²) in [5.74, 6) is 1.79. The van der Waals surface area contributed by atoms with Gasteiger partial charge < -0.3 is 10.2 Å². The molecular formula is C16H27N5. The molecule has 1 aliphatic heterocycles. The Balaban J connectivity index is 1.55. The summed E-state index contributed by atoms with van der Waals surface area (Å²) in [4.78, 5) is 7.02. The van der Waals surface area contributed by atoms with E-state index < -0.39 is 0 Å². The van der Waals surface area contributed by atoms with Crippen LogP contribution in [0.5, 0.6) is 0 Å². The van der Waals surface area contributed by atoms with Crippen LogP contribution in [0.2, 0.25) is 0 Å². The third-order valence-corrected chi connectivity index (χ3v) is 4.67. The van der Waals surface area contributed by atoms with E-state index >= 15 is 0 Å². The smallest absolute Gasteiger partial charge is 0.245 e. The summed E-state index contributed by atoms with van der Waals surface area (Å²) in [6.07, 6.45) is 7.08. The number of aromatic nitrogens is 3. The molecule has 2 aliphatic rings. The van der Waals surface area contributed by atoms with Gasteiger partial charge in [-0.25, -0.2) is 4.98 Å². The lowest BCUT2D eigenvalue weighted by molar-refractivity contribution is 0.405. The van der Waals surface area contributed by atoms with Gasteiger partial charge in [0.05, 0.1) is 11.4 Å². The minimum absolute atomic E-state index is 0.676. The molecule has 0 bridgehead atoms. The molecule has 5 heteroatoms. The SMILES string of the molecule is CCc1nnc(N2CCC(NCC3CC3)CC2)nc1CC. The number of anilines is 1. The van der Waals surface area contributed by atoms with Crippen molar-refractivity contribution in [2.24, 2.45) is 5.92 Å². The Morgan fingerprint density at radius 1 is 1.00 bits per heavy atom. The van der Waals surface area contributed by atoms with E-state index in [1.165, 1.54) is 32.2 Å². The zero-order chi connectivity index (χ0) is 14.7. The van der Waals surface area contributed by atoms with E-state index in [1.807, 2.05) is 0 Å². The standard InChI is InChI=1S/C16H27N5/c1-3-14-15(4-2)19-20-16(18-14)21-9-7-13(8-10-21)17-11-12-5-6-12/h12-13,17H,3-11H2,1-2H3. The monoisotopic (exact) mass is 289 g/mol. The van der Waals surface area contributed by atoms with Crippen LogP contribution in [0.25, 0.3) is 0 Å². The van der Waals surface area contributed by atoms with Crippen molar-refractivity contribution in [2.75, 3.05) is 24.5 Å². The van der Waals surface area contributed by atoms with Crippen molar-refractivity contribution >= 4 is 5.95 Å². The van der Waals surface area contributed by atoms with Crippen molar-refractivity contribution < 1.29 is 0 Å². The van der Waals surface area contributed by atoms with Gasteiger partial charge in [-0.2, -0.15) is 5.10 Å². The molecule has 1 saturated carbocycles. The highest BCUT2D eigenvalue weighted by atomic mass is 15.3. The number of hydrogen-bond donors (Lipinski definition) is 1. The Morgan fingerprint density at radius 2 is 1.71 bits per heavy atom. The normalized spacial score (nSPS) is 20.0. The van der Waals surface area contributed by atoms with Crippen LogP contribution in [0.3, 0.4) is 0 Å². The highest BCUT2D eigenvalue weighted by Crippen LogP contribution is 2.28. The molecule has 3 rings (SSSR count). The molecule has 2 fully saturated rings. The fourth-order valence-corrected chi connectivity index (χ4v) is 3.00. The van der Waals surface area contributed by atoms with Crippen molar-refractivity contribution in [3.05, 3.63) is 11.4 Å². The fraction of sp³-hybridized carbons (Fsp3) is 0.812. The molecule has 2 heterocycles. The molecule has 5 nitrogen and oxygen atoms in total. The predicted molar refractivity (Wildman–Crippen MR) is 84.5 cm³/mol. The van der Waals surface area contributed by atoms with E-state index in [1.54, 1.807) is 0 Å². The van der Waals surface area contributed by atoms with Crippen molar-refractivity contribution in [1.29, 1.82) is 0 Å². The van der Waals surface area contributed by atoms with Gasteiger partial charge in [0.2, 0.25) is 5.95 Å². The second kappa shape index (κ2) is 6.69. The number of rotatable bonds is 6. The van der Waals surface area contributed by atoms with E-state index in [0.717, 1.165) is 49.2 Å². The van der Waals surface area contributed by atoms with Crippen LogP contribution >= 0.6 is 0 Å². The van der Waals surface area contributed by atoms with Crippen LogP contribution in [0, 0.1) is 5.92 Å². The predicted octanol–water partition coefficient (Wildman–Crippen LogP) is 1.96. The zero-order valence-electron chi connectivity index (χ0n) is 13.3. The molecule has 1 saturated heterocycles. The quantitative estimate of drug-likeness (QED) is 0.867. The molecule has 0 amide bonds. The van der Waals surface area contributed by atoms with Gasteiger partial charge >= 0.3 is 0 Å². The van der Waals surface area contributed by atoms with E-state index in [-0.39, 0.29) is 0 Å². The molecule has 0 spiro atoms. The van der Waals surface area contributed by atoms with Gasteiger partial charge in [0.25, 0.3) is 0 Å². The van der Waals surface area contributed by atoms with Crippen LogP contribution in [-0.2, 0) is 12.8 Å². The Hall–Kier alpha value is -1.23. The van der Waals surface area contributed by atoms with Crippen molar-refractivity contribution in [2.45, 2.75) is 58.4 Å². The van der Waals surface area contributed by atoms with Gasteiger partial charge in [-0.05, 0) is 51.0 Å². The average molecular weight is 289 g/mol. The summed E-state index contributed by atoms with van der Waals surface area (Å²) in [6.45, 7) is 7.55. The van der Waals surface area contributed by atoms with Crippen molar-refractivity contribution in [3.8, 4) is 0 Å². The summed E-state index contributed by atoms with van der Waals surface area (Å²) in [5, 5.41) is 12.4. The molecule has 21 heavy (non-hydrogen) atoms. The largest absolute Gasteiger partial charge is 0.339 e. The zero-order valence-corrected chi connectivity index (χ0v) is 13.3. The van der Waals surface area contributed by atoms with Crippen LogP contribution in [0.4, 0.5) is 5.95 Å². The maximum absolute atomic E-state index is 4.73. The molecule has 0 radical (unpaired) electrons. The minimum Gasteiger partial charge on any atom is -0.339 e. The molecule has 0 unspecified atom stereocenters. The van der Waals surface area contributed by atoms with Crippen LogP contribution < -0.4 is 10.2 Å². The maximum atomic E-state index is 4.73. The van der Waals surface area contributed by atoms with Crippen molar-refractivity contribution in [1.82, 2.24) is 20.5 Å². The molecule has 116 valence electrons. The number of piperidine rings is 1. The second-order valence-electron chi connectivity index (χ2n) is 6.33. The van der Waals surface area contributed by atoms with Crippen LogP contribution in [0.1, 0.15) is 50.9 Å². The van der Waals surface area contributed by atoms with Crippen molar-refractivity contribution in [3.63, 3.8) is 0 Å². The number of nitrogens with zero attached hydrogens (tertiary/aromatic N) is 4. The topological polar surface area (TPSA) is 53.9 Å². The third kappa shape index (κ3) is 3.70. The van der Waals surface area contributed by atoms with Gasteiger partial charge in [0.1, 0.15) is 0 Å². The van der Waals surface area contributed by atoms with E-state index in [2.05, 4.69) is 34.3 Å². The number of aryl methyl sites for hydroxylation is 2. The van der Waals surface area contributed by atoms with Gasteiger partial charge in [0.15, 0.2) is 0 Å². The minimum atomic E-state index is 0.676. The molecule has 1 aliphatic carbocycles. The Labute approximate surface area is 127 Å². The lowest BCUT2D eigenvalue weighted by atomic mass is 10.1. The summed E-state index contributed by atoms with van der Waals surface area (Å²) in [6, 6.07) is 0.676. The first-order valence-corrected chi connectivity index (χ1v) is 8.51. The molecule has 0 aromatic carbocycles.